The summed E-state index contributed by atoms with van der Waals surface area (Å²) in [6, 6.07) is 4.88. The zero-order chi connectivity index (χ0) is 16.6. The molecular weight excluding hydrogens is 310 g/mol. The van der Waals surface area contributed by atoms with Crippen molar-refractivity contribution in [3.8, 4) is 0 Å². The number of halogens is 2. The molecule has 23 heavy (non-hydrogen) atoms. The molecule has 1 aromatic carbocycles. The number of hydrogen-bond acceptors (Lipinski definition) is 4. The Balaban J connectivity index is 2.07. The third-order valence-corrected chi connectivity index (χ3v) is 3.33. The van der Waals surface area contributed by atoms with Crippen LogP contribution in [0.5, 0.6) is 0 Å². The van der Waals surface area contributed by atoms with Crippen LogP contribution in [-0.2, 0) is 17.9 Å². The Kier molecular flexibility index (Phi) is 3.83. The zero-order valence-electron chi connectivity index (χ0n) is 12.0. The lowest BCUT2D eigenvalue weighted by molar-refractivity contribution is 0.0660. The number of fused-ring (bicyclic) bond motifs is 1. The van der Waals surface area contributed by atoms with Gasteiger partial charge in [-0.3, -0.25) is 0 Å². The van der Waals surface area contributed by atoms with Gasteiger partial charge in [0.1, 0.15) is 18.2 Å². The maximum Gasteiger partial charge on any atom is 0.371 e. The molecule has 0 aliphatic heterocycles. The predicted octanol–water partition coefficient (Wildman–Crippen LogP) is 2.80. The van der Waals surface area contributed by atoms with Crippen molar-refractivity contribution in [2.75, 3.05) is 7.11 Å². The minimum Gasteiger partial charge on any atom is -0.475 e. The highest BCUT2D eigenvalue weighted by molar-refractivity contribution is 5.84. The highest BCUT2D eigenvalue weighted by Gasteiger charge is 2.16. The van der Waals surface area contributed by atoms with E-state index < -0.39 is 17.6 Å². The molecule has 120 valence electrons. The summed E-state index contributed by atoms with van der Waals surface area (Å²) in [4.78, 5) is 15.1. The maximum atomic E-state index is 13.5. The molecule has 3 rings (SSSR count). The SMILES string of the molecule is COCc1nc2cc(F)c(F)cc2n1Cc1ccc(C(=O)O)o1. The molecule has 3 aromatic rings. The second-order valence-corrected chi connectivity index (χ2v) is 4.87. The van der Waals surface area contributed by atoms with Crippen molar-refractivity contribution in [3.63, 3.8) is 0 Å². The van der Waals surface area contributed by atoms with E-state index in [9.17, 15) is 13.6 Å². The van der Waals surface area contributed by atoms with Crippen molar-refractivity contribution in [3.05, 3.63) is 53.2 Å². The summed E-state index contributed by atoms with van der Waals surface area (Å²) in [5, 5.41) is 8.88. The van der Waals surface area contributed by atoms with Gasteiger partial charge in [-0.15, -0.1) is 0 Å². The van der Waals surface area contributed by atoms with E-state index >= 15 is 0 Å². The normalized spacial score (nSPS) is 11.3. The fourth-order valence-corrected chi connectivity index (χ4v) is 2.32. The van der Waals surface area contributed by atoms with Crippen molar-refractivity contribution in [1.82, 2.24) is 9.55 Å². The van der Waals surface area contributed by atoms with Crippen LogP contribution in [0.4, 0.5) is 8.78 Å². The van der Waals surface area contributed by atoms with Gasteiger partial charge in [0, 0.05) is 19.2 Å². The molecule has 0 fully saturated rings. The smallest absolute Gasteiger partial charge is 0.371 e. The molecule has 1 N–H and O–H groups in total. The largest absolute Gasteiger partial charge is 0.475 e. The molecule has 0 spiro atoms. The van der Waals surface area contributed by atoms with Crippen LogP contribution in [0.3, 0.4) is 0 Å². The monoisotopic (exact) mass is 322 g/mol. The summed E-state index contributed by atoms with van der Waals surface area (Å²) in [6.07, 6.45) is 0. The van der Waals surface area contributed by atoms with Gasteiger partial charge in [-0.05, 0) is 12.1 Å². The Morgan fingerprint density at radius 3 is 2.74 bits per heavy atom. The number of benzene rings is 1. The number of carboxylic acids is 1. The van der Waals surface area contributed by atoms with Crippen molar-refractivity contribution in [2.45, 2.75) is 13.2 Å². The van der Waals surface area contributed by atoms with Crippen LogP contribution in [0.2, 0.25) is 0 Å². The quantitative estimate of drug-likeness (QED) is 0.781. The van der Waals surface area contributed by atoms with Crippen LogP contribution in [-0.4, -0.2) is 27.7 Å². The minimum absolute atomic E-state index is 0.119. The third-order valence-electron chi connectivity index (χ3n) is 3.33. The molecule has 0 unspecified atom stereocenters. The van der Waals surface area contributed by atoms with Crippen LogP contribution in [0.1, 0.15) is 22.1 Å². The highest BCUT2D eigenvalue weighted by Crippen LogP contribution is 2.22. The molecule has 0 bridgehead atoms. The van der Waals surface area contributed by atoms with Crippen molar-refractivity contribution < 1.29 is 27.8 Å². The van der Waals surface area contributed by atoms with Gasteiger partial charge < -0.3 is 18.8 Å². The molecule has 0 atom stereocenters. The van der Waals surface area contributed by atoms with Crippen LogP contribution in [0.25, 0.3) is 11.0 Å². The number of methoxy groups -OCH3 is 1. The van der Waals surface area contributed by atoms with E-state index in [1.165, 1.54) is 19.2 Å². The maximum absolute atomic E-state index is 13.5. The van der Waals surface area contributed by atoms with Crippen molar-refractivity contribution in [2.24, 2.45) is 0 Å². The topological polar surface area (TPSA) is 77.5 Å². The molecule has 2 aromatic heterocycles. The van der Waals surface area contributed by atoms with E-state index in [4.69, 9.17) is 14.3 Å². The number of furan rings is 1. The predicted molar refractivity (Wildman–Crippen MR) is 75.1 cm³/mol. The summed E-state index contributed by atoms with van der Waals surface area (Å²) in [5.74, 6) is -2.57. The lowest BCUT2D eigenvalue weighted by atomic mass is 10.3. The Bertz CT molecular complexity index is 885. The number of rotatable bonds is 5. The van der Waals surface area contributed by atoms with Gasteiger partial charge >= 0.3 is 5.97 Å². The summed E-state index contributed by atoms with van der Waals surface area (Å²) in [7, 11) is 1.47. The fourth-order valence-electron chi connectivity index (χ4n) is 2.32. The number of aromatic nitrogens is 2. The first kappa shape index (κ1) is 15.2. The zero-order valence-corrected chi connectivity index (χ0v) is 12.0. The van der Waals surface area contributed by atoms with Gasteiger partial charge in [-0.1, -0.05) is 0 Å². The van der Waals surface area contributed by atoms with Crippen LogP contribution in [0.15, 0.2) is 28.7 Å². The summed E-state index contributed by atoms with van der Waals surface area (Å²) in [6.45, 7) is 0.248. The van der Waals surface area contributed by atoms with Crippen molar-refractivity contribution >= 4 is 17.0 Å². The van der Waals surface area contributed by atoms with E-state index in [0.29, 0.717) is 17.1 Å². The molecule has 0 saturated heterocycles. The van der Waals surface area contributed by atoms with E-state index in [1.807, 2.05) is 0 Å². The minimum atomic E-state index is -1.18. The number of carbonyl (C=O) groups is 1. The van der Waals surface area contributed by atoms with E-state index in [0.717, 1.165) is 12.1 Å². The lowest BCUT2D eigenvalue weighted by Gasteiger charge is -2.07. The molecule has 8 heteroatoms. The molecule has 0 aliphatic rings. The van der Waals surface area contributed by atoms with Gasteiger partial charge in [-0.25, -0.2) is 18.6 Å². The Morgan fingerprint density at radius 1 is 1.35 bits per heavy atom. The number of hydrogen-bond donors (Lipinski definition) is 1. The molecular formula is C15H12F2N2O4. The summed E-state index contributed by atoms with van der Waals surface area (Å²) < 4.78 is 38.7. The Morgan fingerprint density at radius 2 is 2.09 bits per heavy atom. The Labute approximate surface area is 128 Å². The standard InChI is InChI=1S/C15H12F2N2O4/c1-22-7-14-18-11-4-9(16)10(17)5-12(11)19(14)6-8-2-3-13(23-8)15(20)21/h2-5H,6-7H2,1H3,(H,20,21). The first-order valence-electron chi connectivity index (χ1n) is 6.64. The van der Waals surface area contributed by atoms with Crippen molar-refractivity contribution in [1.29, 1.82) is 0 Å². The molecule has 0 amide bonds. The molecule has 0 radical (unpaired) electrons. The number of aromatic carboxylic acids is 1. The molecule has 0 saturated carbocycles. The van der Waals surface area contributed by atoms with Gasteiger partial charge in [0.25, 0.3) is 0 Å². The van der Waals surface area contributed by atoms with Crippen LogP contribution < -0.4 is 0 Å². The number of ether oxygens (including phenoxy) is 1. The Hall–Kier alpha value is -2.74. The first-order valence-corrected chi connectivity index (χ1v) is 6.64. The molecule has 0 aliphatic carbocycles. The second-order valence-electron chi connectivity index (χ2n) is 4.87. The van der Waals surface area contributed by atoms with Gasteiger partial charge in [0.05, 0.1) is 17.6 Å². The fraction of sp³-hybridized carbons (Fsp3) is 0.200. The third kappa shape index (κ3) is 2.80. The average Bonchev–Trinajstić information content (AvgIpc) is 3.08. The van der Waals surface area contributed by atoms with Gasteiger partial charge in [0.2, 0.25) is 5.76 Å². The summed E-state index contributed by atoms with van der Waals surface area (Å²) in [5.41, 5.74) is 0.644. The van der Waals surface area contributed by atoms with Crippen LogP contribution >= 0.6 is 0 Å². The van der Waals surface area contributed by atoms with E-state index in [-0.39, 0.29) is 24.4 Å². The molecule has 6 nitrogen and oxygen atoms in total. The molecule has 2 heterocycles. The number of imidazole rings is 1. The number of carboxylic acid groups (broad SMARTS) is 1. The first-order chi connectivity index (χ1) is 11.0. The summed E-state index contributed by atoms with van der Waals surface area (Å²) >= 11 is 0. The van der Waals surface area contributed by atoms with E-state index in [1.54, 1.807) is 4.57 Å². The number of nitrogens with zero attached hydrogens (tertiary/aromatic N) is 2. The second kappa shape index (κ2) is 5.81. The van der Waals surface area contributed by atoms with Gasteiger partial charge in [0.15, 0.2) is 11.6 Å². The lowest BCUT2D eigenvalue weighted by Crippen LogP contribution is -2.06. The average molecular weight is 322 g/mol. The van der Waals surface area contributed by atoms with Crippen LogP contribution in [0, 0.1) is 11.6 Å². The highest BCUT2D eigenvalue weighted by atomic mass is 19.2. The van der Waals surface area contributed by atoms with E-state index in [2.05, 4.69) is 4.98 Å². The van der Waals surface area contributed by atoms with Gasteiger partial charge in [-0.2, -0.15) is 0 Å².